The van der Waals surface area contributed by atoms with Gasteiger partial charge in [-0.05, 0) is 109 Å². The van der Waals surface area contributed by atoms with Gasteiger partial charge in [-0.15, -0.1) is 0 Å². The molecule has 12 rings (SSSR count). The summed E-state index contributed by atoms with van der Waals surface area (Å²) in [4.78, 5) is 2.30. The van der Waals surface area contributed by atoms with Crippen molar-refractivity contribution in [3.63, 3.8) is 0 Å². The fourth-order valence-corrected chi connectivity index (χ4v) is 10.2. The number of para-hydroxylation sites is 3. The van der Waals surface area contributed by atoms with Crippen LogP contribution in [0, 0.1) is 0 Å². The molecule has 1 aliphatic rings. The number of hydrogen-bond donors (Lipinski definition) is 0. The normalized spacial score (nSPS) is 13.3. The average Bonchev–Trinajstić information content (AvgIpc) is 3.73. The summed E-state index contributed by atoms with van der Waals surface area (Å²) in [7, 11) is 0. The van der Waals surface area contributed by atoms with Crippen molar-refractivity contribution in [2.24, 2.45) is 0 Å². The summed E-state index contributed by atoms with van der Waals surface area (Å²) in [5, 5.41) is 10.4. The minimum atomic E-state index is -0.237. The van der Waals surface area contributed by atoms with Gasteiger partial charge < -0.3 is 9.47 Å². The second kappa shape index (κ2) is 12.8. The van der Waals surface area contributed by atoms with Gasteiger partial charge in [0.05, 0.1) is 16.7 Å². The Balaban J connectivity index is 0.966. The quantitative estimate of drug-likeness (QED) is 0.121. The third-order valence-corrected chi connectivity index (χ3v) is 12.8. The Labute approximate surface area is 343 Å². The Morgan fingerprint density at radius 2 is 1.03 bits per heavy atom. The molecule has 1 aliphatic carbocycles. The Morgan fingerprint density at radius 1 is 0.441 bits per heavy atom. The van der Waals surface area contributed by atoms with Crippen molar-refractivity contribution in [2.75, 3.05) is 4.90 Å². The first-order chi connectivity index (χ1) is 29.0. The predicted molar refractivity (Wildman–Crippen MR) is 252 cm³/mol. The molecule has 0 saturated carbocycles. The maximum Gasteiger partial charge on any atom is 0.0588 e. The first-order valence-electron chi connectivity index (χ1n) is 20.6. The summed E-state index contributed by atoms with van der Waals surface area (Å²) >= 11 is 0. The maximum atomic E-state index is 2.59. The third-order valence-electron chi connectivity index (χ3n) is 12.8. The third kappa shape index (κ3) is 5.06. The zero-order valence-electron chi connectivity index (χ0n) is 33.0. The Kier molecular flexibility index (Phi) is 7.31. The molecule has 1 aromatic heterocycles. The van der Waals surface area contributed by atoms with Crippen molar-refractivity contribution in [3.05, 3.63) is 216 Å². The minimum Gasteiger partial charge on any atom is -0.311 e. The highest BCUT2D eigenvalue weighted by molar-refractivity contribution is 6.26. The summed E-state index contributed by atoms with van der Waals surface area (Å²) in [6.45, 7) is 4.84. The van der Waals surface area contributed by atoms with Gasteiger partial charge in [0.1, 0.15) is 0 Å². The number of anilines is 3. The molecule has 1 heterocycles. The van der Waals surface area contributed by atoms with E-state index in [4.69, 9.17) is 0 Å². The van der Waals surface area contributed by atoms with Crippen molar-refractivity contribution < 1.29 is 0 Å². The second-order valence-electron chi connectivity index (χ2n) is 16.5. The van der Waals surface area contributed by atoms with Crippen LogP contribution in [0.3, 0.4) is 0 Å². The second-order valence-corrected chi connectivity index (χ2v) is 16.5. The van der Waals surface area contributed by atoms with Crippen LogP contribution < -0.4 is 4.90 Å². The highest BCUT2D eigenvalue weighted by Crippen LogP contribution is 2.54. The van der Waals surface area contributed by atoms with Gasteiger partial charge in [0.15, 0.2) is 0 Å². The lowest BCUT2D eigenvalue weighted by molar-refractivity contribution is 0.664. The molecule has 278 valence electrons. The largest absolute Gasteiger partial charge is 0.311 e. The average molecular weight is 753 g/mol. The number of benzene rings is 10. The lowest BCUT2D eigenvalue weighted by Gasteiger charge is -2.25. The van der Waals surface area contributed by atoms with Crippen LogP contribution in [0.2, 0.25) is 0 Å². The van der Waals surface area contributed by atoms with Gasteiger partial charge in [0, 0.05) is 38.6 Å². The lowest BCUT2D eigenvalue weighted by Crippen LogP contribution is -2.16. The molecule has 0 aliphatic heterocycles. The fourth-order valence-electron chi connectivity index (χ4n) is 10.2. The summed E-state index contributed by atoms with van der Waals surface area (Å²) in [5.41, 5.74) is 14.7. The first kappa shape index (κ1) is 33.7. The van der Waals surface area contributed by atoms with E-state index in [0.29, 0.717) is 0 Å². The topological polar surface area (TPSA) is 8.17 Å². The molecule has 2 nitrogen and oxygen atoms in total. The molecule has 0 radical (unpaired) electrons. The zero-order valence-corrected chi connectivity index (χ0v) is 33.0. The highest BCUT2D eigenvalue weighted by atomic mass is 15.1. The minimum absolute atomic E-state index is 0.237. The van der Waals surface area contributed by atoms with Crippen LogP contribution in [0.15, 0.2) is 194 Å². The number of hydrogen-bond acceptors (Lipinski definition) is 1. The van der Waals surface area contributed by atoms with Gasteiger partial charge in [0.2, 0.25) is 0 Å². The van der Waals surface area contributed by atoms with Gasteiger partial charge in [-0.3, -0.25) is 0 Å². The van der Waals surface area contributed by atoms with E-state index in [0.717, 1.165) is 22.6 Å². The smallest absolute Gasteiger partial charge is 0.0588 e. The SMILES string of the molecule is CC1(C)c2cc(/C=C/c3ccc(N(c4ccccc4)c4ccccc4)cc3)ccc2-c2ccc3c4ccccc4n(-c4cc5cccc6ccc7cccc4c7c65)c3c21. The van der Waals surface area contributed by atoms with Crippen molar-refractivity contribution in [2.45, 2.75) is 19.3 Å². The molecule has 0 spiro atoms. The Bertz CT molecular complexity index is 3400. The highest BCUT2D eigenvalue weighted by Gasteiger charge is 2.39. The molecule has 0 N–H and O–H groups in total. The lowest BCUT2D eigenvalue weighted by atomic mass is 9.81. The first-order valence-corrected chi connectivity index (χ1v) is 20.6. The summed E-state index contributed by atoms with van der Waals surface area (Å²) in [6.07, 6.45) is 4.50. The number of rotatable bonds is 6. The molecule has 0 amide bonds. The Morgan fingerprint density at radius 3 is 1.80 bits per heavy atom. The van der Waals surface area contributed by atoms with Crippen molar-refractivity contribution in [1.82, 2.24) is 4.57 Å². The number of fused-ring (bicyclic) bond motifs is 7. The van der Waals surface area contributed by atoms with Gasteiger partial charge in [-0.1, -0.05) is 172 Å². The van der Waals surface area contributed by atoms with E-state index in [-0.39, 0.29) is 5.41 Å². The van der Waals surface area contributed by atoms with Crippen molar-refractivity contribution in [1.29, 1.82) is 0 Å². The van der Waals surface area contributed by atoms with Crippen molar-refractivity contribution >= 4 is 83.3 Å². The molecule has 0 atom stereocenters. The van der Waals surface area contributed by atoms with Crippen LogP contribution in [0.4, 0.5) is 17.1 Å². The zero-order chi connectivity index (χ0) is 39.2. The summed E-state index contributed by atoms with van der Waals surface area (Å²) < 4.78 is 2.59. The molecule has 2 heteroatoms. The van der Waals surface area contributed by atoms with E-state index in [2.05, 4.69) is 230 Å². The molecule has 0 bridgehead atoms. The monoisotopic (exact) mass is 752 g/mol. The van der Waals surface area contributed by atoms with Gasteiger partial charge in [0.25, 0.3) is 0 Å². The van der Waals surface area contributed by atoms with Crippen LogP contribution in [0.1, 0.15) is 36.1 Å². The molecule has 59 heavy (non-hydrogen) atoms. The molecule has 0 unspecified atom stereocenters. The van der Waals surface area contributed by atoms with Crippen LogP contribution in [-0.4, -0.2) is 4.57 Å². The molecule has 11 aromatic rings. The van der Waals surface area contributed by atoms with E-state index < -0.39 is 0 Å². The predicted octanol–water partition coefficient (Wildman–Crippen LogP) is 15.6. The number of aromatic nitrogens is 1. The van der Waals surface area contributed by atoms with Crippen LogP contribution in [0.5, 0.6) is 0 Å². The molecule has 0 saturated heterocycles. The summed E-state index contributed by atoms with van der Waals surface area (Å²) in [5.74, 6) is 0. The van der Waals surface area contributed by atoms with Crippen LogP contribution in [-0.2, 0) is 5.41 Å². The van der Waals surface area contributed by atoms with Gasteiger partial charge in [-0.25, -0.2) is 0 Å². The van der Waals surface area contributed by atoms with Crippen molar-refractivity contribution in [3.8, 4) is 16.8 Å². The number of nitrogens with zero attached hydrogens (tertiary/aromatic N) is 2. The van der Waals surface area contributed by atoms with E-state index in [1.807, 2.05) is 0 Å². The maximum absolute atomic E-state index is 2.59. The molecule has 0 fully saturated rings. The van der Waals surface area contributed by atoms with Gasteiger partial charge in [-0.2, -0.15) is 0 Å². The van der Waals surface area contributed by atoms with E-state index in [9.17, 15) is 0 Å². The van der Waals surface area contributed by atoms with E-state index in [1.165, 1.54) is 87.6 Å². The van der Waals surface area contributed by atoms with Crippen LogP contribution in [0.25, 0.3) is 83.1 Å². The summed E-state index contributed by atoms with van der Waals surface area (Å²) in [6, 6.07) is 71.2. The van der Waals surface area contributed by atoms with E-state index >= 15 is 0 Å². The molecular weight excluding hydrogens is 713 g/mol. The fraction of sp³-hybridized carbons (Fsp3) is 0.0526. The molecular formula is C57H40N2. The standard InChI is InChI=1S/C57H40N2/c1-57(2)50-35-38(24-23-37-25-30-44(31-26-37)58(42-16-5-3-6-17-42)43-18-7-4-8-19-43)27-32-45(50)47-33-34-48-46-20-9-10-22-51(46)59(56(48)55(47)57)52-36-41-15-11-13-39-28-29-40-14-12-21-49(52)54(40)53(39)41/h3-36H,1-2H3/b24-23+. The van der Waals surface area contributed by atoms with Gasteiger partial charge >= 0.3 is 0 Å². The molecule has 10 aromatic carbocycles. The Hall–Kier alpha value is -7.42. The van der Waals surface area contributed by atoms with Crippen LogP contribution >= 0.6 is 0 Å². The van der Waals surface area contributed by atoms with E-state index in [1.54, 1.807) is 0 Å².